The Morgan fingerprint density at radius 3 is 2.64 bits per heavy atom. The van der Waals surface area contributed by atoms with Crippen LogP contribution in [0, 0.1) is 0 Å². The Hall–Kier alpha value is -2.96. The fourth-order valence-electron chi connectivity index (χ4n) is 2.59. The van der Waals surface area contributed by atoms with Gasteiger partial charge >= 0.3 is 6.18 Å². The van der Waals surface area contributed by atoms with Gasteiger partial charge in [-0.2, -0.15) is 13.2 Å². The number of fused-ring (bicyclic) bond motifs is 1. The van der Waals surface area contributed by atoms with Gasteiger partial charge in [0.2, 0.25) is 5.91 Å². The summed E-state index contributed by atoms with van der Waals surface area (Å²) in [6.07, 6.45) is -2.52. The number of anilines is 2. The molecule has 0 radical (unpaired) electrons. The van der Waals surface area contributed by atoms with Crippen molar-refractivity contribution in [2.24, 2.45) is 7.05 Å². The van der Waals surface area contributed by atoms with Crippen molar-refractivity contribution in [3.8, 4) is 0 Å². The van der Waals surface area contributed by atoms with Crippen LogP contribution in [-0.4, -0.2) is 17.0 Å². The molecule has 3 aromatic rings. The fourth-order valence-corrected chi connectivity index (χ4v) is 2.59. The van der Waals surface area contributed by atoms with E-state index in [0.717, 1.165) is 23.0 Å². The van der Waals surface area contributed by atoms with Crippen molar-refractivity contribution in [1.29, 1.82) is 0 Å². The van der Waals surface area contributed by atoms with Crippen molar-refractivity contribution < 1.29 is 18.0 Å². The van der Waals surface area contributed by atoms with Crippen LogP contribution in [0.4, 0.5) is 24.5 Å². The van der Waals surface area contributed by atoms with Crippen molar-refractivity contribution in [1.82, 2.24) is 4.57 Å². The van der Waals surface area contributed by atoms with E-state index < -0.39 is 11.7 Å². The SMILES string of the molecule is Cn1ccc2c(NC(=O)CNc3cccc(C(F)(F)F)c3)cccc21. The number of benzene rings is 2. The van der Waals surface area contributed by atoms with E-state index in [1.807, 2.05) is 36.0 Å². The predicted octanol–water partition coefficient (Wildman–Crippen LogP) is 4.25. The van der Waals surface area contributed by atoms with Gasteiger partial charge in [0.15, 0.2) is 0 Å². The molecule has 0 saturated carbocycles. The highest BCUT2D eigenvalue weighted by molar-refractivity contribution is 6.02. The molecule has 0 fully saturated rings. The van der Waals surface area contributed by atoms with E-state index in [1.54, 1.807) is 6.07 Å². The molecule has 0 unspecified atom stereocenters. The van der Waals surface area contributed by atoms with Gasteiger partial charge in [-0.25, -0.2) is 0 Å². The van der Waals surface area contributed by atoms with Gasteiger partial charge in [0.25, 0.3) is 0 Å². The molecule has 0 atom stereocenters. The lowest BCUT2D eigenvalue weighted by atomic mass is 10.2. The number of carbonyl (C=O) groups excluding carboxylic acids is 1. The van der Waals surface area contributed by atoms with E-state index in [2.05, 4.69) is 10.6 Å². The van der Waals surface area contributed by atoms with Gasteiger partial charge in [-0.05, 0) is 36.4 Å². The third kappa shape index (κ3) is 3.76. The second-order valence-electron chi connectivity index (χ2n) is 5.65. The van der Waals surface area contributed by atoms with Crippen molar-refractivity contribution in [2.45, 2.75) is 6.18 Å². The standard InChI is InChI=1S/C18H16F3N3O/c1-24-9-8-14-15(6-3-7-16(14)24)23-17(25)11-22-13-5-2-4-12(10-13)18(19,20)21/h2-10,22H,11H2,1H3,(H,23,25). The Morgan fingerprint density at radius 2 is 1.88 bits per heavy atom. The van der Waals surface area contributed by atoms with Gasteiger partial charge in [0.05, 0.1) is 17.8 Å². The first-order valence-electron chi connectivity index (χ1n) is 7.59. The highest BCUT2D eigenvalue weighted by Gasteiger charge is 2.30. The van der Waals surface area contributed by atoms with E-state index in [-0.39, 0.29) is 18.1 Å². The van der Waals surface area contributed by atoms with Crippen LogP contribution in [0.25, 0.3) is 10.9 Å². The van der Waals surface area contributed by atoms with E-state index in [1.165, 1.54) is 12.1 Å². The lowest BCUT2D eigenvalue weighted by Crippen LogP contribution is -2.22. The number of carbonyl (C=O) groups is 1. The van der Waals surface area contributed by atoms with Crippen LogP contribution in [0.3, 0.4) is 0 Å². The zero-order chi connectivity index (χ0) is 18.0. The summed E-state index contributed by atoms with van der Waals surface area (Å²) in [7, 11) is 1.91. The Morgan fingerprint density at radius 1 is 1.12 bits per heavy atom. The molecule has 0 aliphatic carbocycles. The number of nitrogens with zero attached hydrogens (tertiary/aromatic N) is 1. The van der Waals surface area contributed by atoms with Crippen molar-refractivity contribution >= 4 is 28.2 Å². The molecule has 25 heavy (non-hydrogen) atoms. The molecule has 1 aromatic heterocycles. The summed E-state index contributed by atoms with van der Waals surface area (Å²) in [5.41, 5.74) is 1.12. The number of alkyl halides is 3. The van der Waals surface area contributed by atoms with Crippen LogP contribution >= 0.6 is 0 Å². The number of nitrogens with one attached hydrogen (secondary N) is 2. The molecule has 7 heteroatoms. The van der Waals surface area contributed by atoms with Crippen LogP contribution in [0.15, 0.2) is 54.7 Å². The molecule has 1 heterocycles. The number of halogens is 3. The Kier molecular flexibility index (Phi) is 4.39. The number of hydrogen-bond acceptors (Lipinski definition) is 2. The molecule has 0 spiro atoms. The van der Waals surface area contributed by atoms with Gasteiger partial charge in [-0.3, -0.25) is 4.79 Å². The van der Waals surface area contributed by atoms with Crippen LogP contribution < -0.4 is 10.6 Å². The lowest BCUT2D eigenvalue weighted by molar-refractivity contribution is -0.137. The quantitative estimate of drug-likeness (QED) is 0.741. The van der Waals surface area contributed by atoms with E-state index in [9.17, 15) is 18.0 Å². The number of aryl methyl sites for hydroxylation is 1. The van der Waals surface area contributed by atoms with Crippen molar-refractivity contribution in [3.05, 3.63) is 60.3 Å². The number of aromatic nitrogens is 1. The fraction of sp³-hybridized carbons (Fsp3) is 0.167. The van der Waals surface area contributed by atoms with Gasteiger partial charge in [0, 0.05) is 29.8 Å². The molecule has 0 aliphatic heterocycles. The molecule has 0 bridgehead atoms. The summed E-state index contributed by atoms with van der Waals surface area (Å²) in [5.74, 6) is -0.339. The van der Waals surface area contributed by atoms with E-state index >= 15 is 0 Å². The Labute approximate surface area is 142 Å². The summed E-state index contributed by atoms with van der Waals surface area (Å²) >= 11 is 0. The minimum atomic E-state index is -4.41. The number of hydrogen-bond donors (Lipinski definition) is 2. The number of rotatable bonds is 4. The second kappa shape index (κ2) is 6.51. The van der Waals surface area contributed by atoms with E-state index in [0.29, 0.717) is 5.69 Å². The smallest absolute Gasteiger partial charge is 0.376 e. The van der Waals surface area contributed by atoms with E-state index in [4.69, 9.17) is 0 Å². The number of amides is 1. The zero-order valence-corrected chi connectivity index (χ0v) is 13.4. The summed E-state index contributed by atoms with van der Waals surface area (Å²) in [6.45, 7) is -0.134. The van der Waals surface area contributed by atoms with Crippen molar-refractivity contribution in [3.63, 3.8) is 0 Å². The molecule has 3 rings (SSSR count). The van der Waals surface area contributed by atoms with Gasteiger partial charge in [-0.1, -0.05) is 12.1 Å². The molecular formula is C18H16F3N3O. The highest BCUT2D eigenvalue weighted by Crippen LogP contribution is 2.30. The second-order valence-corrected chi connectivity index (χ2v) is 5.65. The summed E-state index contributed by atoms with van der Waals surface area (Å²) in [5, 5.41) is 6.39. The first-order valence-corrected chi connectivity index (χ1v) is 7.59. The average molecular weight is 347 g/mol. The Balaban J connectivity index is 1.67. The monoisotopic (exact) mass is 347 g/mol. The van der Waals surface area contributed by atoms with Gasteiger partial charge in [-0.15, -0.1) is 0 Å². The first kappa shape index (κ1) is 16.9. The minimum Gasteiger partial charge on any atom is -0.376 e. The predicted molar refractivity (Wildman–Crippen MR) is 91.5 cm³/mol. The van der Waals surface area contributed by atoms with Crippen LogP contribution in [0.1, 0.15) is 5.56 Å². The van der Waals surface area contributed by atoms with Gasteiger partial charge in [0.1, 0.15) is 0 Å². The maximum absolute atomic E-state index is 12.7. The lowest BCUT2D eigenvalue weighted by Gasteiger charge is -2.11. The van der Waals surface area contributed by atoms with Crippen molar-refractivity contribution in [2.75, 3.05) is 17.2 Å². The molecular weight excluding hydrogens is 331 g/mol. The maximum Gasteiger partial charge on any atom is 0.416 e. The normalized spacial score (nSPS) is 11.5. The molecule has 2 N–H and O–H groups in total. The third-order valence-electron chi connectivity index (χ3n) is 3.84. The highest BCUT2D eigenvalue weighted by atomic mass is 19.4. The third-order valence-corrected chi connectivity index (χ3v) is 3.84. The first-order chi connectivity index (χ1) is 11.8. The largest absolute Gasteiger partial charge is 0.416 e. The molecule has 1 amide bonds. The zero-order valence-electron chi connectivity index (χ0n) is 13.4. The maximum atomic E-state index is 12.7. The molecule has 4 nitrogen and oxygen atoms in total. The summed E-state index contributed by atoms with van der Waals surface area (Å²) in [4.78, 5) is 12.1. The van der Waals surface area contributed by atoms with Crippen LogP contribution in [0.5, 0.6) is 0 Å². The van der Waals surface area contributed by atoms with Crippen LogP contribution in [0.2, 0.25) is 0 Å². The Bertz CT molecular complexity index is 915. The molecule has 0 aliphatic rings. The minimum absolute atomic E-state index is 0.134. The average Bonchev–Trinajstić information content (AvgIpc) is 2.95. The molecule has 2 aromatic carbocycles. The summed E-state index contributed by atoms with van der Waals surface area (Å²) < 4.78 is 40.0. The molecule has 0 saturated heterocycles. The summed E-state index contributed by atoms with van der Waals surface area (Å²) in [6, 6.07) is 12.2. The van der Waals surface area contributed by atoms with Gasteiger partial charge < -0.3 is 15.2 Å². The van der Waals surface area contributed by atoms with Crippen LogP contribution in [-0.2, 0) is 18.0 Å². The molecule has 130 valence electrons. The topological polar surface area (TPSA) is 46.1 Å².